The van der Waals surface area contributed by atoms with Crippen LogP contribution in [0.2, 0.25) is 0 Å². The van der Waals surface area contributed by atoms with Crippen LogP contribution < -0.4 is 9.03 Å². The standard InChI is InChI=1S/C13H14N4O4S/c18-9-11-8-17(22(20,21)15-11)12-3-2-10(6-13(12)19)7-16-5-1-4-14-16/h1-6,9,11,15,19H,7-8H2. The SMILES string of the molecule is O=CC1CN(c2ccc(Cn3cccn3)cc2O)S(=O)(=O)N1. The van der Waals surface area contributed by atoms with Gasteiger partial charge in [0.25, 0.3) is 0 Å². The smallest absolute Gasteiger partial charge is 0.302 e. The van der Waals surface area contributed by atoms with Crippen molar-refractivity contribution in [1.82, 2.24) is 14.5 Å². The Morgan fingerprint density at radius 1 is 1.45 bits per heavy atom. The molecule has 3 rings (SSSR count). The quantitative estimate of drug-likeness (QED) is 0.762. The summed E-state index contributed by atoms with van der Waals surface area (Å²) in [7, 11) is -3.81. The number of hydrogen-bond donors (Lipinski definition) is 2. The van der Waals surface area contributed by atoms with Crippen molar-refractivity contribution in [3.05, 3.63) is 42.2 Å². The van der Waals surface area contributed by atoms with Gasteiger partial charge in [0.1, 0.15) is 12.0 Å². The van der Waals surface area contributed by atoms with Crippen LogP contribution in [0.5, 0.6) is 5.75 Å². The van der Waals surface area contributed by atoms with Crippen molar-refractivity contribution in [1.29, 1.82) is 0 Å². The number of anilines is 1. The van der Waals surface area contributed by atoms with E-state index >= 15 is 0 Å². The molecule has 2 N–H and O–H groups in total. The number of aromatic nitrogens is 2. The summed E-state index contributed by atoms with van der Waals surface area (Å²) < 4.78 is 28.8. The molecular formula is C13H14N4O4S. The number of benzene rings is 1. The lowest BCUT2D eigenvalue weighted by Gasteiger charge is -2.17. The molecule has 0 amide bonds. The Morgan fingerprint density at radius 3 is 2.86 bits per heavy atom. The molecule has 1 saturated heterocycles. The van der Waals surface area contributed by atoms with E-state index in [2.05, 4.69) is 9.82 Å². The van der Waals surface area contributed by atoms with E-state index in [1.54, 1.807) is 29.2 Å². The van der Waals surface area contributed by atoms with Gasteiger partial charge < -0.3 is 9.90 Å². The molecular weight excluding hydrogens is 308 g/mol. The van der Waals surface area contributed by atoms with Crippen LogP contribution in [0, 0.1) is 0 Å². The third-order valence-corrected chi connectivity index (χ3v) is 4.86. The topological polar surface area (TPSA) is 105 Å². The van der Waals surface area contributed by atoms with E-state index in [1.165, 1.54) is 12.1 Å². The van der Waals surface area contributed by atoms with E-state index in [1.807, 2.05) is 0 Å². The molecule has 1 unspecified atom stereocenters. The van der Waals surface area contributed by atoms with E-state index < -0.39 is 16.3 Å². The fraction of sp³-hybridized carbons (Fsp3) is 0.231. The summed E-state index contributed by atoms with van der Waals surface area (Å²) in [5.74, 6) is -0.165. The van der Waals surface area contributed by atoms with Crippen LogP contribution in [0.25, 0.3) is 0 Å². The average Bonchev–Trinajstić information content (AvgIpc) is 3.06. The van der Waals surface area contributed by atoms with Gasteiger partial charge >= 0.3 is 10.2 Å². The molecule has 22 heavy (non-hydrogen) atoms. The van der Waals surface area contributed by atoms with Gasteiger partial charge in [-0.1, -0.05) is 6.07 Å². The highest BCUT2D eigenvalue weighted by atomic mass is 32.2. The van der Waals surface area contributed by atoms with Gasteiger partial charge in [0.15, 0.2) is 0 Å². The minimum absolute atomic E-state index is 0.0438. The highest BCUT2D eigenvalue weighted by Gasteiger charge is 2.36. The summed E-state index contributed by atoms with van der Waals surface area (Å²) in [4.78, 5) is 10.8. The summed E-state index contributed by atoms with van der Waals surface area (Å²) in [5.41, 5.74) is 0.919. The number of aromatic hydroxyl groups is 1. The second kappa shape index (κ2) is 5.43. The Bertz CT molecular complexity index is 788. The van der Waals surface area contributed by atoms with Gasteiger partial charge in [-0.3, -0.25) is 8.99 Å². The molecule has 0 bridgehead atoms. The molecule has 8 nitrogen and oxygen atoms in total. The number of nitrogens with zero attached hydrogens (tertiary/aromatic N) is 3. The molecule has 2 aromatic rings. The van der Waals surface area contributed by atoms with Gasteiger partial charge in [0, 0.05) is 12.4 Å². The number of carbonyl (C=O) groups excluding carboxylic acids is 1. The monoisotopic (exact) mass is 322 g/mol. The molecule has 116 valence electrons. The normalized spacial score (nSPS) is 20.2. The molecule has 0 radical (unpaired) electrons. The van der Waals surface area contributed by atoms with E-state index in [-0.39, 0.29) is 18.0 Å². The second-order valence-electron chi connectivity index (χ2n) is 4.92. The first kappa shape index (κ1) is 14.5. The lowest BCUT2D eigenvalue weighted by atomic mass is 10.2. The molecule has 1 aliphatic rings. The Kier molecular flexibility index (Phi) is 3.59. The van der Waals surface area contributed by atoms with Gasteiger partial charge in [-0.05, 0) is 23.8 Å². The highest BCUT2D eigenvalue weighted by Crippen LogP contribution is 2.32. The van der Waals surface area contributed by atoms with Crippen molar-refractivity contribution in [2.75, 3.05) is 10.8 Å². The van der Waals surface area contributed by atoms with Gasteiger partial charge in [0.05, 0.1) is 24.8 Å². The summed E-state index contributed by atoms with van der Waals surface area (Å²) >= 11 is 0. The molecule has 2 heterocycles. The molecule has 1 atom stereocenters. The van der Waals surface area contributed by atoms with Crippen LogP contribution in [-0.2, 0) is 21.5 Å². The first-order valence-electron chi connectivity index (χ1n) is 6.54. The maximum atomic E-state index is 12.0. The van der Waals surface area contributed by atoms with Crippen molar-refractivity contribution in [2.45, 2.75) is 12.6 Å². The van der Waals surface area contributed by atoms with Crippen LogP contribution in [0.3, 0.4) is 0 Å². The molecule has 1 fully saturated rings. The van der Waals surface area contributed by atoms with Gasteiger partial charge in [-0.25, -0.2) is 0 Å². The fourth-order valence-corrected chi connectivity index (χ4v) is 3.74. The molecule has 9 heteroatoms. The Labute approximate surface area is 127 Å². The first-order valence-corrected chi connectivity index (χ1v) is 7.98. The first-order chi connectivity index (χ1) is 10.5. The van der Waals surface area contributed by atoms with Crippen molar-refractivity contribution >= 4 is 22.2 Å². The number of phenols is 1. The zero-order valence-electron chi connectivity index (χ0n) is 11.5. The summed E-state index contributed by atoms with van der Waals surface area (Å²) in [5, 5.41) is 14.2. The van der Waals surface area contributed by atoms with Gasteiger partial charge in [0.2, 0.25) is 0 Å². The maximum absolute atomic E-state index is 12.0. The number of nitrogens with one attached hydrogen (secondary N) is 1. The Balaban J connectivity index is 1.88. The van der Waals surface area contributed by atoms with Crippen LogP contribution in [0.4, 0.5) is 5.69 Å². The highest BCUT2D eigenvalue weighted by molar-refractivity contribution is 7.91. The predicted octanol–water partition coefficient (Wildman–Crippen LogP) is -0.141. The number of phenolic OH excluding ortho intramolecular Hbond substituents is 1. The molecule has 1 aromatic carbocycles. The third kappa shape index (κ3) is 2.68. The van der Waals surface area contributed by atoms with E-state index in [4.69, 9.17) is 0 Å². The lowest BCUT2D eigenvalue weighted by Crippen LogP contribution is -2.30. The molecule has 1 aliphatic heterocycles. The number of rotatable bonds is 4. The predicted molar refractivity (Wildman–Crippen MR) is 78.7 cm³/mol. The van der Waals surface area contributed by atoms with Gasteiger partial charge in [-0.2, -0.15) is 18.2 Å². The second-order valence-corrected chi connectivity index (χ2v) is 6.55. The largest absolute Gasteiger partial charge is 0.506 e. The molecule has 1 aromatic heterocycles. The van der Waals surface area contributed by atoms with Crippen LogP contribution in [-0.4, -0.2) is 42.2 Å². The zero-order chi connectivity index (χ0) is 15.7. The Morgan fingerprint density at radius 2 is 2.27 bits per heavy atom. The minimum atomic E-state index is -3.81. The van der Waals surface area contributed by atoms with Crippen molar-refractivity contribution in [2.24, 2.45) is 0 Å². The van der Waals surface area contributed by atoms with Crippen LogP contribution in [0.15, 0.2) is 36.7 Å². The van der Waals surface area contributed by atoms with E-state index in [0.717, 1.165) is 9.87 Å². The Hall–Kier alpha value is -2.39. The summed E-state index contributed by atoms with van der Waals surface area (Å²) in [6.45, 7) is 0.417. The molecule has 0 spiro atoms. The van der Waals surface area contributed by atoms with E-state index in [0.29, 0.717) is 12.8 Å². The number of hydrogen-bond acceptors (Lipinski definition) is 5. The van der Waals surface area contributed by atoms with Crippen molar-refractivity contribution in [3.8, 4) is 5.75 Å². The molecule has 0 aliphatic carbocycles. The maximum Gasteiger partial charge on any atom is 0.302 e. The minimum Gasteiger partial charge on any atom is -0.506 e. The summed E-state index contributed by atoms with van der Waals surface area (Å²) in [6.07, 6.45) is 3.96. The fourth-order valence-electron chi connectivity index (χ4n) is 2.33. The summed E-state index contributed by atoms with van der Waals surface area (Å²) in [6, 6.07) is 5.69. The van der Waals surface area contributed by atoms with Gasteiger partial charge in [-0.15, -0.1) is 0 Å². The van der Waals surface area contributed by atoms with Crippen LogP contribution >= 0.6 is 0 Å². The van der Waals surface area contributed by atoms with E-state index in [9.17, 15) is 18.3 Å². The average molecular weight is 322 g/mol. The third-order valence-electron chi connectivity index (χ3n) is 3.33. The lowest BCUT2D eigenvalue weighted by molar-refractivity contribution is -0.108. The number of carbonyl (C=O) groups is 1. The van der Waals surface area contributed by atoms with Crippen LogP contribution in [0.1, 0.15) is 5.56 Å². The zero-order valence-corrected chi connectivity index (χ0v) is 12.3. The molecule has 0 saturated carbocycles. The van der Waals surface area contributed by atoms with Crippen molar-refractivity contribution in [3.63, 3.8) is 0 Å². The van der Waals surface area contributed by atoms with Crippen molar-refractivity contribution < 1.29 is 18.3 Å². The number of aldehydes is 1.